The second-order valence-corrected chi connectivity index (χ2v) is 7.58. The number of carbonyl (C=O) groups is 3. The highest BCUT2D eigenvalue weighted by atomic mass is 32.1. The number of hydrogen-bond donors (Lipinski definition) is 2. The molecule has 0 saturated heterocycles. The van der Waals surface area contributed by atoms with Crippen molar-refractivity contribution in [3.8, 4) is 5.69 Å². The molecule has 3 aromatic rings. The maximum absolute atomic E-state index is 13.2. The van der Waals surface area contributed by atoms with Crippen LogP contribution in [-0.4, -0.2) is 28.5 Å². The van der Waals surface area contributed by atoms with Crippen LogP contribution in [0, 0.1) is 19.7 Å². The summed E-state index contributed by atoms with van der Waals surface area (Å²) < 4.78 is 20.3. The molecule has 9 heteroatoms. The zero-order valence-electron chi connectivity index (χ0n) is 16.6. The number of anilines is 1. The SMILES string of the molecule is Cc1cc(C(=O)O[C@H](C)C(=O)Nc2sccc2C(N)=O)c(C)n1-c1ccc(F)cc1. The van der Waals surface area contributed by atoms with Crippen LogP contribution >= 0.6 is 11.3 Å². The van der Waals surface area contributed by atoms with Crippen LogP contribution < -0.4 is 11.1 Å². The average molecular weight is 429 g/mol. The Kier molecular flexibility index (Phi) is 6.02. The molecular weight excluding hydrogens is 409 g/mol. The van der Waals surface area contributed by atoms with Gasteiger partial charge in [-0.1, -0.05) is 0 Å². The highest BCUT2D eigenvalue weighted by Gasteiger charge is 2.24. The Morgan fingerprint density at radius 3 is 2.43 bits per heavy atom. The molecule has 0 saturated carbocycles. The predicted octanol–water partition coefficient (Wildman–Crippen LogP) is 3.58. The molecule has 0 aliphatic carbocycles. The third-order valence-electron chi connectivity index (χ3n) is 4.56. The van der Waals surface area contributed by atoms with Gasteiger partial charge in [-0.25, -0.2) is 9.18 Å². The third-order valence-corrected chi connectivity index (χ3v) is 5.39. The number of thiophene rings is 1. The van der Waals surface area contributed by atoms with Gasteiger partial charge in [0, 0.05) is 17.1 Å². The van der Waals surface area contributed by atoms with Crippen LogP contribution in [0.4, 0.5) is 9.39 Å². The van der Waals surface area contributed by atoms with E-state index in [9.17, 15) is 18.8 Å². The Morgan fingerprint density at radius 1 is 1.13 bits per heavy atom. The van der Waals surface area contributed by atoms with Gasteiger partial charge in [0.15, 0.2) is 6.10 Å². The fraction of sp³-hybridized carbons (Fsp3) is 0.190. The normalized spacial score (nSPS) is 11.7. The van der Waals surface area contributed by atoms with Crippen molar-refractivity contribution in [1.82, 2.24) is 4.57 Å². The molecule has 0 aliphatic rings. The minimum Gasteiger partial charge on any atom is -0.449 e. The summed E-state index contributed by atoms with van der Waals surface area (Å²) in [4.78, 5) is 36.4. The predicted molar refractivity (Wildman–Crippen MR) is 112 cm³/mol. The van der Waals surface area contributed by atoms with Crippen molar-refractivity contribution in [3.63, 3.8) is 0 Å². The maximum atomic E-state index is 13.2. The van der Waals surface area contributed by atoms with Crippen molar-refractivity contribution in [3.05, 3.63) is 70.1 Å². The number of aryl methyl sites for hydroxylation is 1. The zero-order valence-corrected chi connectivity index (χ0v) is 17.4. The lowest BCUT2D eigenvalue weighted by Crippen LogP contribution is -2.30. The van der Waals surface area contributed by atoms with Crippen molar-refractivity contribution in [2.45, 2.75) is 26.9 Å². The molecular formula is C21H20FN3O4S. The third kappa shape index (κ3) is 4.25. The molecule has 3 N–H and O–H groups in total. The topological polar surface area (TPSA) is 103 Å². The molecule has 2 amide bonds. The Morgan fingerprint density at radius 2 is 1.80 bits per heavy atom. The largest absolute Gasteiger partial charge is 0.449 e. The van der Waals surface area contributed by atoms with Crippen LogP contribution in [0.25, 0.3) is 5.69 Å². The molecule has 1 atom stereocenters. The highest BCUT2D eigenvalue weighted by Crippen LogP contribution is 2.24. The van der Waals surface area contributed by atoms with Gasteiger partial charge in [-0.3, -0.25) is 9.59 Å². The fourth-order valence-electron chi connectivity index (χ4n) is 3.05. The van der Waals surface area contributed by atoms with Crippen molar-refractivity contribution in [2.24, 2.45) is 5.73 Å². The van der Waals surface area contributed by atoms with E-state index >= 15 is 0 Å². The zero-order chi connectivity index (χ0) is 22.0. The van der Waals surface area contributed by atoms with Crippen molar-refractivity contribution in [2.75, 3.05) is 5.32 Å². The van der Waals surface area contributed by atoms with Gasteiger partial charge >= 0.3 is 5.97 Å². The highest BCUT2D eigenvalue weighted by molar-refractivity contribution is 7.14. The Hall–Kier alpha value is -3.46. The van der Waals surface area contributed by atoms with Gasteiger partial charge in [0.25, 0.3) is 11.8 Å². The molecule has 0 aliphatic heterocycles. The van der Waals surface area contributed by atoms with Crippen LogP contribution in [0.2, 0.25) is 0 Å². The summed E-state index contributed by atoms with van der Waals surface area (Å²) in [7, 11) is 0. The standard InChI is InChI=1S/C21H20FN3O4S/c1-11-10-17(12(2)25(11)15-6-4-14(22)5-7-15)21(28)29-13(3)19(27)24-20-16(18(23)26)8-9-30-20/h4-10,13H,1-3H3,(H2,23,26)(H,24,27)/t13-/m1/s1. The Balaban J connectivity index is 1.75. The smallest absolute Gasteiger partial charge is 0.340 e. The summed E-state index contributed by atoms with van der Waals surface area (Å²) in [6.07, 6.45) is -1.10. The number of rotatable bonds is 6. The van der Waals surface area contributed by atoms with Crippen LogP contribution in [0.5, 0.6) is 0 Å². The number of ether oxygens (including phenoxy) is 1. The van der Waals surface area contributed by atoms with Crippen molar-refractivity contribution < 1.29 is 23.5 Å². The van der Waals surface area contributed by atoms with E-state index in [4.69, 9.17) is 10.5 Å². The van der Waals surface area contributed by atoms with Gasteiger partial charge in [0.1, 0.15) is 10.8 Å². The molecule has 3 rings (SSSR count). The molecule has 156 valence electrons. The first-order chi connectivity index (χ1) is 14.2. The van der Waals surface area contributed by atoms with Crippen molar-refractivity contribution >= 4 is 34.1 Å². The monoisotopic (exact) mass is 429 g/mol. The lowest BCUT2D eigenvalue weighted by atomic mass is 10.2. The molecule has 0 radical (unpaired) electrons. The van der Waals surface area contributed by atoms with Crippen molar-refractivity contribution in [1.29, 1.82) is 0 Å². The van der Waals surface area contributed by atoms with E-state index in [0.717, 1.165) is 17.0 Å². The van der Waals surface area contributed by atoms with E-state index in [2.05, 4.69) is 5.32 Å². The van der Waals surface area contributed by atoms with Gasteiger partial charge < -0.3 is 20.4 Å². The molecule has 0 spiro atoms. The summed E-state index contributed by atoms with van der Waals surface area (Å²) in [6.45, 7) is 4.98. The Bertz CT molecular complexity index is 1120. The minimum absolute atomic E-state index is 0.190. The number of halogens is 1. The van der Waals surface area contributed by atoms with Gasteiger partial charge in [-0.2, -0.15) is 0 Å². The molecule has 0 fully saturated rings. The molecule has 30 heavy (non-hydrogen) atoms. The molecule has 7 nitrogen and oxygen atoms in total. The molecule has 2 aromatic heterocycles. The number of hydrogen-bond acceptors (Lipinski definition) is 5. The lowest BCUT2D eigenvalue weighted by Gasteiger charge is -2.14. The van der Waals surface area contributed by atoms with E-state index in [1.807, 2.05) is 6.92 Å². The van der Waals surface area contributed by atoms with Gasteiger partial charge in [-0.05, 0) is 62.5 Å². The summed E-state index contributed by atoms with van der Waals surface area (Å²) >= 11 is 1.14. The second kappa shape index (κ2) is 8.50. The van der Waals surface area contributed by atoms with E-state index < -0.39 is 23.9 Å². The van der Waals surface area contributed by atoms with Crippen LogP contribution in [0.15, 0.2) is 41.8 Å². The number of primary amides is 1. The Labute approximate surface area is 176 Å². The minimum atomic E-state index is -1.10. The number of esters is 1. The van der Waals surface area contributed by atoms with E-state index in [1.165, 1.54) is 25.1 Å². The molecule has 2 heterocycles. The fourth-order valence-corrected chi connectivity index (χ4v) is 3.84. The van der Waals surface area contributed by atoms with E-state index in [0.29, 0.717) is 21.9 Å². The summed E-state index contributed by atoms with van der Waals surface area (Å²) in [5.74, 6) is -2.27. The van der Waals surface area contributed by atoms with Gasteiger partial charge in [0.2, 0.25) is 0 Å². The number of benzene rings is 1. The maximum Gasteiger partial charge on any atom is 0.340 e. The quantitative estimate of drug-likeness (QED) is 0.585. The summed E-state index contributed by atoms with van der Waals surface area (Å²) in [6, 6.07) is 9.04. The van der Waals surface area contributed by atoms with Gasteiger partial charge in [-0.15, -0.1) is 11.3 Å². The molecule has 0 bridgehead atoms. The van der Waals surface area contributed by atoms with E-state index in [1.54, 1.807) is 35.1 Å². The number of carbonyl (C=O) groups excluding carboxylic acids is 3. The number of aromatic nitrogens is 1. The average Bonchev–Trinajstić information content (AvgIpc) is 3.27. The van der Waals surface area contributed by atoms with Crippen LogP contribution in [0.3, 0.4) is 0 Å². The number of amides is 2. The lowest BCUT2D eigenvalue weighted by molar-refractivity contribution is -0.123. The number of nitrogens with one attached hydrogen (secondary N) is 1. The van der Waals surface area contributed by atoms with Gasteiger partial charge in [0.05, 0.1) is 11.1 Å². The number of nitrogens with two attached hydrogens (primary N) is 1. The van der Waals surface area contributed by atoms with Crippen LogP contribution in [0.1, 0.15) is 39.0 Å². The summed E-state index contributed by atoms with van der Waals surface area (Å²) in [5, 5.41) is 4.47. The summed E-state index contributed by atoms with van der Waals surface area (Å²) in [5.41, 5.74) is 7.81. The first kappa shape index (κ1) is 21.3. The number of nitrogens with zero attached hydrogens (tertiary/aromatic N) is 1. The van der Waals surface area contributed by atoms with E-state index in [-0.39, 0.29) is 11.4 Å². The second-order valence-electron chi connectivity index (χ2n) is 6.66. The molecule has 1 aromatic carbocycles. The first-order valence-corrected chi connectivity index (χ1v) is 9.91. The molecule has 0 unspecified atom stereocenters. The first-order valence-electron chi connectivity index (χ1n) is 9.03. The van der Waals surface area contributed by atoms with Crippen LogP contribution in [-0.2, 0) is 9.53 Å².